The number of benzene rings is 1. The number of amides is 2. The van der Waals surface area contributed by atoms with Crippen molar-refractivity contribution < 1.29 is 22.8 Å². The van der Waals surface area contributed by atoms with Gasteiger partial charge >= 0.3 is 6.18 Å². The van der Waals surface area contributed by atoms with Crippen LogP contribution in [0.25, 0.3) is 5.65 Å². The third-order valence-electron chi connectivity index (χ3n) is 6.46. The lowest BCUT2D eigenvalue weighted by Crippen LogP contribution is -2.42. The first-order chi connectivity index (χ1) is 16.7. The lowest BCUT2D eigenvalue weighted by molar-refractivity contribution is -0.138. The Kier molecular flexibility index (Phi) is 7.35. The van der Waals surface area contributed by atoms with Gasteiger partial charge in [-0.05, 0) is 42.7 Å². The van der Waals surface area contributed by atoms with Crippen LogP contribution < -0.4 is 10.6 Å². The first-order valence-corrected chi connectivity index (χ1v) is 11.9. The lowest BCUT2D eigenvalue weighted by Gasteiger charge is -2.38. The summed E-state index contributed by atoms with van der Waals surface area (Å²) in [4.78, 5) is 29.4. The van der Waals surface area contributed by atoms with Gasteiger partial charge in [-0.3, -0.25) is 14.0 Å². The van der Waals surface area contributed by atoms with Gasteiger partial charge in [0.15, 0.2) is 0 Å². The van der Waals surface area contributed by atoms with Gasteiger partial charge in [0.1, 0.15) is 17.9 Å². The van der Waals surface area contributed by atoms with Crippen LogP contribution in [-0.2, 0) is 16.6 Å². The second kappa shape index (κ2) is 10.3. The predicted molar refractivity (Wildman–Crippen MR) is 127 cm³/mol. The SMILES string of the molecule is O=C(Cc1cn2c(C(=O)NCC3(c4ccc(Cl)cc4)CCCCC3)cccc2n1)NCC(F)(F)F. The Balaban J connectivity index is 1.49. The summed E-state index contributed by atoms with van der Waals surface area (Å²) in [7, 11) is 0. The molecule has 1 aromatic carbocycles. The average molecular weight is 507 g/mol. The van der Waals surface area contributed by atoms with Crippen molar-refractivity contribution in [3.63, 3.8) is 0 Å². The third kappa shape index (κ3) is 6.14. The number of carbonyl (C=O) groups excluding carboxylic acids is 2. The number of imidazole rings is 1. The number of nitrogens with one attached hydrogen (secondary N) is 2. The molecule has 1 fully saturated rings. The van der Waals surface area contributed by atoms with Crippen LogP contribution in [0, 0.1) is 0 Å². The summed E-state index contributed by atoms with van der Waals surface area (Å²) in [5.74, 6) is -1.08. The number of hydrogen-bond acceptors (Lipinski definition) is 3. The fourth-order valence-corrected chi connectivity index (χ4v) is 4.82. The number of rotatable bonds is 7. The molecule has 0 radical (unpaired) electrons. The van der Waals surface area contributed by atoms with Crippen molar-refractivity contribution in [3.8, 4) is 0 Å². The van der Waals surface area contributed by atoms with Crippen LogP contribution in [0.3, 0.4) is 0 Å². The molecule has 0 aliphatic heterocycles. The van der Waals surface area contributed by atoms with Gasteiger partial charge in [0.25, 0.3) is 5.91 Å². The number of alkyl halides is 3. The normalized spacial score (nSPS) is 15.7. The highest BCUT2D eigenvalue weighted by atomic mass is 35.5. The molecule has 2 N–H and O–H groups in total. The molecular formula is C25H26ClF3N4O2. The largest absolute Gasteiger partial charge is 0.405 e. The number of carbonyl (C=O) groups is 2. The van der Waals surface area contributed by atoms with Crippen LogP contribution in [0.2, 0.25) is 5.02 Å². The van der Waals surface area contributed by atoms with E-state index in [4.69, 9.17) is 11.6 Å². The predicted octanol–water partition coefficient (Wildman–Crippen LogP) is 4.84. The molecule has 1 aliphatic rings. The molecule has 186 valence electrons. The van der Waals surface area contributed by atoms with Gasteiger partial charge in [0.05, 0.1) is 12.1 Å². The zero-order valence-corrected chi connectivity index (χ0v) is 19.8. The van der Waals surface area contributed by atoms with Crippen LogP contribution in [0.5, 0.6) is 0 Å². The minimum Gasteiger partial charge on any atom is -0.350 e. The highest BCUT2D eigenvalue weighted by molar-refractivity contribution is 6.30. The Labute approximate surface area is 205 Å². The maximum Gasteiger partial charge on any atom is 0.405 e. The number of halogens is 4. The van der Waals surface area contributed by atoms with E-state index in [2.05, 4.69) is 10.3 Å². The average Bonchev–Trinajstić information content (AvgIpc) is 3.24. The van der Waals surface area contributed by atoms with E-state index in [9.17, 15) is 22.8 Å². The van der Waals surface area contributed by atoms with Crippen molar-refractivity contribution in [1.29, 1.82) is 0 Å². The smallest absolute Gasteiger partial charge is 0.350 e. The molecule has 4 rings (SSSR count). The van der Waals surface area contributed by atoms with Crippen LogP contribution >= 0.6 is 11.6 Å². The minimum absolute atomic E-state index is 0.178. The molecule has 0 unspecified atom stereocenters. The molecule has 0 spiro atoms. The van der Waals surface area contributed by atoms with Crippen LogP contribution in [0.4, 0.5) is 13.2 Å². The molecule has 3 aromatic rings. The van der Waals surface area contributed by atoms with E-state index in [0.717, 1.165) is 37.7 Å². The van der Waals surface area contributed by atoms with Gasteiger partial charge in [-0.15, -0.1) is 0 Å². The van der Waals surface area contributed by atoms with Crippen LogP contribution in [0.15, 0.2) is 48.7 Å². The first kappa shape index (κ1) is 25.0. The Morgan fingerprint density at radius 3 is 2.43 bits per heavy atom. The molecular weight excluding hydrogens is 481 g/mol. The summed E-state index contributed by atoms with van der Waals surface area (Å²) >= 11 is 6.08. The second-order valence-electron chi connectivity index (χ2n) is 8.97. The fourth-order valence-electron chi connectivity index (χ4n) is 4.70. The standard InChI is InChI=1S/C25H26ClF3N4O2/c26-18-9-7-17(8-10-18)24(11-2-1-3-12-24)15-31-23(35)20-5-4-6-21-32-19(14-33(20)21)13-22(34)30-16-25(27,28)29/h4-10,14H,1-3,11-13,15-16H2,(H,30,34)(H,31,35). The van der Waals surface area contributed by atoms with Gasteiger partial charge in [-0.1, -0.05) is 49.1 Å². The van der Waals surface area contributed by atoms with E-state index < -0.39 is 18.6 Å². The summed E-state index contributed by atoms with van der Waals surface area (Å²) in [6, 6.07) is 12.8. The van der Waals surface area contributed by atoms with E-state index in [0.29, 0.717) is 22.9 Å². The van der Waals surface area contributed by atoms with E-state index in [1.54, 1.807) is 22.6 Å². The molecule has 2 aromatic heterocycles. The maximum absolute atomic E-state index is 13.2. The number of pyridine rings is 1. The quantitative estimate of drug-likeness (QED) is 0.481. The minimum atomic E-state index is -4.48. The first-order valence-electron chi connectivity index (χ1n) is 11.5. The van der Waals surface area contributed by atoms with Crippen LogP contribution in [0.1, 0.15) is 53.8 Å². The molecule has 10 heteroatoms. The van der Waals surface area contributed by atoms with Crippen LogP contribution in [-0.4, -0.2) is 40.5 Å². The monoisotopic (exact) mass is 506 g/mol. The molecule has 6 nitrogen and oxygen atoms in total. The molecule has 35 heavy (non-hydrogen) atoms. The highest BCUT2D eigenvalue weighted by Gasteiger charge is 2.34. The molecule has 0 bridgehead atoms. The Hall–Kier alpha value is -3.07. The Morgan fingerprint density at radius 1 is 1.03 bits per heavy atom. The zero-order chi connectivity index (χ0) is 25.1. The molecule has 2 heterocycles. The Morgan fingerprint density at radius 2 is 1.74 bits per heavy atom. The van der Waals surface area contributed by atoms with Crippen molar-refractivity contribution in [2.45, 2.75) is 50.1 Å². The Bertz CT molecular complexity index is 1200. The van der Waals surface area contributed by atoms with E-state index >= 15 is 0 Å². The van der Waals surface area contributed by atoms with Crippen molar-refractivity contribution in [1.82, 2.24) is 20.0 Å². The van der Waals surface area contributed by atoms with Crippen molar-refractivity contribution in [2.75, 3.05) is 13.1 Å². The van der Waals surface area contributed by atoms with E-state index in [1.165, 1.54) is 6.20 Å². The molecule has 0 saturated heterocycles. The van der Waals surface area contributed by atoms with Gasteiger partial charge in [-0.2, -0.15) is 13.2 Å². The van der Waals surface area contributed by atoms with Gasteiger partial charge < -0.3 is 10.6 Å². The second-order valence-corrected chi connectivity index (χ2v) is 9.41. The summed E-state index contributed by atoms with van der Waals surface area (Å²) < 4.78 is 38.6. The van der Waals surface area contributed by atoms with E-state index in [-0.39, 0.29) is 23.4 Å². The topological polar surface area (TPSA) is 75.5 Å². The summed E-state index contributed by atoms with van der Waals surface area (Å²) in [5, 5.41) is 5.57. The number of hydrogen-bond donors (Lipinski definition) is 2. The van der Waals surface area contributed by atoms with Gasteiger partial charge in [-0.25, -0.2) is 4.98 Å². The summed E-state index contributed by atoms with van der Waals surface area (Å²) in [6.07, 6.45) is 1.94. The summed E-state index contributed by atoms with van der Waals surface area (Å²) in [5.41, 5.74) is 2.01. The van der Waals surface area contributed by atoms with E-state index in [1.807, 2.05) is 29.6 Å². The van der Waals surface area contributed by atoms with Gasteiger partial charge in [0, 0.05) is 23.2 Å². The summed E-state index contributed by atoms with van der Waals surface area (Å²) in [6.45, 7) is -0.937. The van der Waals surface area contributed by atoms with Crippen molar-refractivity contribution >= 4 is 29.1 Å². The molecule has 2 amide bonds. The van der Waals surface area contributed by atoms with Crippen molar-refractivity contribution in [3.05, 3.63) is 70.6 Å². The van der Waals surface area contributed by atoms with Crippen molar-refractivity contribution in [2.24, 2.45) is 0 Å². The zero-order valence-electron chi connectivity index (χ0n) is 19.0. The fraction of sp³-hybridized carbons (Fsp3) is 0.400. The molecule has 1 saturated carbocycles. The number of nitrogens with zero attached hydrogens (tertiary/aromatic N) is 2. The number of fused-ring (bicyclic) bond motifs is 1. The molecule has 1 aliphatic carbocycles. The highest BCUT2D eigenvalue weighted by Crippen LogP contribution is 2.39. The van der Waals surface area contributed by atoms with Gasteiger partial charge in [0.2, 0.25) is 5.91 Å². The third-order valence-corrected chi connectivity index (χ3v) is 6.71. The molecule has 0 atom stereocenters. The maximum atomic E-state index is 13.2. The number of aromatic nitrogens is 2. The lowest BCUT2D eigenvalue weighted by atomic mass is 9.69.